The number of ketones is 1. The van der Waals surface area contributed by atoms with Gasteiger partial charge in [-0.3, -0.25) is 9.48 Å². The fourth-order valence-corrected chi connectivity index (χ4v) is 2.25. The van der Waals surface area contributed by atoms with Crippen molar-refractivity contribution in [1.29, 1.82) is 0 Å². The summed E-state index contributed by atoms with van der Waals surface area (Å²) >= 11 is 1.55. The number of hydrogen-bond acceptors (Lipinski definition) is 3. The second-order valence-corrected chi connectivity index (χ2v) is 4.49. The van der Waals surface area contributed by atoms with Crippen molar-refractivity contribution in [2.24, 2.45) is 7.05 Å². The summed E-state index contributed by atoms with van der Waals surface area (Å²) in [4.78, 5) is 13.9. The van der Waals surface area contributed by atoms with E-state index in [2.05, 4.69) is 12.0 Å². The van der Waals surface area contributed by atoms with Gasteiger partial charge in [0.25, 0.3) is 0 Å². The van der Waals surface area contributed by atoms with Crippen molar-refractivity contribution in [3.05, 3.63) is 39.8 Å². The van der Waals surface area contributed by atoms with Crippen LogP contribution in [0.1, 0.15) is 27.2 Å². The van der Waals surface area contributed by atoms with Crippen molar-refractivity contribution in [2.45, 2.75) is 13.3 Å². The first-order valence-electron chi connectivity index (χ1n) is 4.83. The van der Waals surface area contributed by atoms with Gasteiger partial charge in [0.2, 0.25) is 5.78 Å². The van der Waals surface area contributed by atoms with E-state index in [-0.39, 0.29) is 5.78 Å². The summed E-state index contributed by atoms with van der Waals surface area (Å²) in [5.41, 5.74) is 0.516. The first kappa shape index (κ1) is 10.1. The van der Waals surface area contributed by atoms with Gasteiger partial charge in [-0.2, -0.15) is 5.10 Å². The Labute approximate surface area is 92.4 Å². The third-order valence-electron chi connectivity index (χ3n) is 2.18. The number of carbonyl (C=O) groups excluding carboxylic acids is 1. The second kappa shape index (κ2) is 3.98. The van der Waals surface area contributed by atoms with Crippen molar-refractivity contribution >= 4 is 17.1 Å². The minimum atomic E-state index is 0.0142. The molecule has 0 radical (unpaired) electrons. The standard InChI is InChI=1S/C11H12N2OS/c1-3-8-4-5-10(15-8)11(14)9-6-7-13(2)12-9/h4-7H,3H2,1-2H3. The Balaban J connectivity index is 2.28. The van der Waals surface area contributed by atoms with Crippen LogP contribution in [-0.2, 0) is 13.5 Å². The summed E-state index contributed by atoms with van der Waals surface area (Å²) in [6, 6.07) is 5.62. The van der Waals surface area contributed by atoms with E-state index in [1.807, 2.05) is 19.2 Å². The molecule has 2 heterocycles. The molecule has 0 aliphatic carbocycles. The molecule has 0 unspecified atom stereocenters. The van der Waals surface area contributed by atoms with Crippen LogP contribution in [0, 0.1) is 0 Å². The van der Waals surface area contributed by atoms with Gasteiger partial charge >= 0.3 is 0 Å². The number of rotatable bonds is 3. The first-order chi connectivity index (χ1) is 7.20. The van der Waals surface area contributed by atoms with Gasteiger partial charge in [0.1, 0.15) is 5.69 Å². The summed E-state index contributed by atoms with van der Waals surface area (Å²) in [5.74, 6) is 0.0142. The average Bonchev–Trinajstić information content (AvgIpc) is 2.84. The molecule has 0 N–H and O–H groups in total. The van der Waals surface area contributed by atoms with Crippen LogP contribution in [0.4, 0.5) is 0 Å². The molecule has 0 bridgehead atoms. The Morgan fingerprint density at radius 3 is 2.80 bits per heavy atom. The van der Waals surface area contributed by atoms with Crippen LogP contribution in [0.15, 0.2) is 24.4 Å². The lowest BCUT2D eigenvalue weighted by Crippen LogP contribution is -2.00. The van der Waals surface area contributed by atoms with Gasteiger partial charge in [-0.15, -0.1) is 11.3 Å². The number of nitrogens with zero attached hydrogens (tertiary/aromatic N) is 2. The molecule has 4 heteroatoms. The molecule has 0 atom stereocenters. The Kier molecular flexibility index (Phi) is 2.68. The predicted molar refractivity (Wildman–Crippen MR) is 60.3 cm³/mol. The first-order valence-corrected chi connectivity index (χ1v) is 5.65. The van der Waals surface area contributed by atoms with Crippen molar-refractivity contribution in [3.63, 3.8) is 0 Å². The number of thiophene rings is 1. The SMILES string of the molecule is CCc1ccc(C(=O)c2ccn(C)n2)s1. The molecule has 0 aliphatic heterocycles. The zero-order valence-electron chi connectivity index (χ0n) is 8.73. The van der Waals surface area contributed by atoms with Crippen molar-refractivity contribution in [1.82, 2.24) is 9.78 Å². The van der Waals surface area contributed by atoms with E-state index in [0.29, 0.717) is 5.69 Å². The minimum absolute atomic E-state index is 0.0142. The van der Waals surface area contributed by atoms with Gasteiger partial charge in [0, 0.05) is 18.1 Å². The minimum Gasteiger partial charge on any atom is -0.286 e. The molecule has 0 saturated heterocycles. The summed E-state index contributed by atoms with van der Waals surface area (Å²) in [5, 5.41) is 4.10. The molecule has 0 spiro atoms. The highest BCUT2D eigenvalue weighted by molar-refractivity contribution is 7.14. The highest BCUT2D eigenvalue weighted by Gasteiger charge is 2.13. The van der Waals surface area contributed by atoms with Gasteiger partial charge < -0.3 is 0 Å². The third-order valence-corrected chi connectivity index (χ3v) is 3.41. The number of aromatic nitrogens is 2. The molecule has 0 saturated carbocycles. The van der Waals surface area contributed by atoms with E-state index in [0.717, 1.165) is 11.3 Å². The van der Waals surface area contributed by atoms with Gasteiger partial charge in [-0.1, -0.05) is 6.92 Å². The topological polar surface area (TPSA) is 34.9 Å². The zero-order chi connectivity index (χ0) is 10.8. The van der Waals surface area contributed by atoms with E-state index in [4.69, 9.17) is 0 Å². The molecule has 0 fully saturated rings. The van der Waals surface area contributed by atoms with Crippen LogP contribution in [0.3, 0.4) is 0 Å². The fourth-order valence-electron chi connectivity index (χ4n) is 1.35. The van der Waals surface area contributed by atoms with Crippen molar-refractivity contribution in [3.8, 4) is 0 Å². The van der Waals surface area contributed by atoms with Gasteiger partial charge in [-0.05, 0) is 24.6 Å². The zero-order valence-corrected chi connectivity index (χ0v) is 9.54. The van der Waals surface area contributed by atoms with Crippen LogP contribution >= 0.6 is 11.3 Å². The Morgan fingerprint density at radius 2 is 2.27 bits per heavy atom. The van der Waals surface area contributed by atoms with Crippen LogP contribution < -0.4 is 0 Å². The Bertz CT molecular complexity index is 484. The van der Waals surface area contributed by atoms with E-state index in [1.54, 1.807) is 28.3 Å². The Hall–Kier alpha value is -1.42. The quantitative estimate of drug-likeness (QED) is 0.744. The molecule has 78 valence electrons. The van der Waals surface area contributed by atoms with Crippen molar-refractivity contribution in [2.75, 3.05) is 0 Å². The van der Waals surface area contributed by atoms with Gasteiger partial charge in [0.05, 0.1) is 4.88 Å². The summed E-state index contributed by atoms with van der Waals surface area (Å²) in [7, 11) is 1.81. The largest absolute Gasteiger partial charge is 0.286 e. The molecule has 0 aromatic carbocycles. The normalized spacial score (nSPS) is 10.5. The molecule has 0 aliphatic rings. The van der Waals surface area contributed by atoms with Gasteiger partial charge in [0.15, 0.2) is 0 Å². The number of carbonyl (C=O) groups is 1. The van der Waals surface area contributed by atoms with Crippen LogP contribution in [0.2, 0.25) is 0 Å². The van der Waals surface area contributed by atoms with E-state index < -0.39 is 0 Å². The summed E-state index contributed by atoms with van der Waals surface area (Å²) < 4.78 is 1.64. The predicted octanol–water partition coefficient (Wildman–Crippen LogP) is 2.28. The monoisotopic (exact) mass is 220 g/mol. The number of aryl methyl sites for hydroxylation is 2. The van der Waals surface area contributed by atoms with Crippen molar-refractivity contribution < 1.29 is 4.79 Å². The maximum absolute atomic E-state index is 11.9. The fraction of sp³-hybridized carbons (Fsp3) is 0.273. The van der Waals surface area contributed by atoms with E-state index in [9.17, 15) is 4.79 Å². The maximum Gasteiger partial charge on any atom is 0.223 e. The van der Waals surface area contributed by atoms with E-state index in [1.165, 1.54) is 4.88 Å². The molecular weight excluding hydrogens is 208 g/mol. The molecule has 15 heavy (non-hydrogen) atoms. The Morgan fingerprint density at radius 1 is 1.47 bits per heavy atom. The molecule has 3 nitrogen and oxygen atoms in total. The second-order valence-electron chi connectivity index (χ2n) is 3.32. The van der Waals surface area contributed by atoms with Crippen LogP contribution in [0.25, 0.3) is 0 Å². The highest BCUT2D eigenvalue weighted by atomic mass is 32.1. The van der Waals surface area contributed by atoms with Crippen LogP contribution in [0.5, 0.6) is 0 Å². The maximum atomic E-state index is 11.9. The van der Waals surface area contributed by atoms with E-state index >= 15 is 0 Å². The third kappa shape index (κ3) is 1.99. The average molecular weight is 220 g/mol. The molecule has 2 rings (SSSR count). The lowest BCUT2D eigenvalue weighted by Gasteiger charge is -1.91. The molecule has 2 aromatic heterocycles. The summed E-state index contributed by atoms with van der Waals surface area (Å²) in [6.45, 7) is 2.08. The smallest absolute Gasteiger partial charge is 0.223 e. The molecule has 0 amide bonds. The summed E-state index contributed by atoms with van der Waals surface area (Å²) in [6.07, 6.45) is 2.75. The number of hydrogen-bond donors (Lipinski definition) is 0. The lowest BCUT2D eigenvalue weighted by atomic mass is 10.2. The highest BCUT2D eigenvalue weighted by Crippen LogP contribution is 2.19. The van der Waals surface area contributed by atoms with Gasteiger partial charge in [-0.25, -0.2) is 0 Å². The molecular formula is C11H12N2OS. The lowest BCUT2D eigenvalue weighted by molar-refractivity contribution is 0.103. The van der Waals surface area contributed by atoms with Crippen LogP contribution in [-0.4, -0.2) is 15.6 Å². The molecule has 2 aromatic rings.